The minimum absolute atomic E-state index is 0.00706. The summed E-state index contributed by atoms with van der Waals surface area (Å²) in [7, 11) is 0. The normalized spacial score (nSPS) is 12.1. The van der Waals surface area contributed by atoms with Crippen LogP contribution in [0.2, 0.25) is 0 Å². The van der Waals surface area contributed by atoms with E-state index in [2.05, 4.69) is 15.6 Å². The van der Waals surface area contributed by atoms with Crippen LogP contribution in [0.15, 0.2) is 35.7 Å². The van der Waals surface area contributed by atoms with E-state index in [1.807, 2.05) is 0 Å². The summed E-state index contributed by atoms with van der Waals surface area (Å²) in [6.07, 6.45) is 0. The fourth-order valence-corrected chi connectivity index (χ4v) is 3.05. The van der Waals surface area contributed by atoms with Gasteiger partial charge in [-0.3, -0.25) is 4.79 Å². The molecule has 0 spiro atoms. The SMILES string of the molecule is O=C(Nc1ccc(F)c(F)c1F)c1csc(Nc2ccc3c(c2)OCO3)n1. The van der Waals surface area contributed by atoms with Gasteiger partial charge >= 0.3 is 0 Å². The molecular weight excluding hydrogens is 383 g/mol. The number of halogens is 3. The van der Waals surface area contributed by atoms with Gasteiger partial charge in [-0.25, -0.2) is 18.2 Å². The van der Waals surface area contributed by atoms with Crippen molar-refractivity contribution in [2.75, 3.05) is 17.4 Å². The monoisotopic (exact) mass is 393 g/mol. The van der Waals surface area contributed by atoms with Gasteiger partial charge in [-0.05, 0) is 24.3 Å². The van der Waals surface area contributed by atoms with E-state index in [0.29, 0.717) is 22.3 Å². The fourth-order valence-electron chi connectivity index (χ4n) is 2.34. The Labute approximate surface area is 154 Å². The van der Waals surface area contributed by atoms with Crippen LogP contribution in [0.25, 0.3) is 0 Å². The number of hydrogen-bond donors (Lipinski definition) is 2. The number of rotatable bonds is 4. The molecule has 6 nitrogen and oxygen atoms in total. The molecule has 3 aromatic rings. The van der Waals surface area contributed by atoms with Gasteiger partial charge in [0.2, 0.25) is 6.79 Å². The number of nitrogens with zero attached hydrogens (tertiary/aromatic N) is 1. The van der Waals surface area contributed by atoms with Crippen LogP contribution in [0.3, 0.4) is 0 Å². The van der Waals surface area contributed by atoms with Crippen molar-refractivity contribution in [3.63, 3.8) is 0 Å². The van der Waals surface area contributed by atoms with Gasteiger partial charge in [0, 0.05) is 17.1 Å². The zero-order valence-corrected chi connectivity index (χ0v) is 14.2. The molecule has 1 aliphatic heterocycles. The first kappa shape index (κ1) is 17.2. The first-order chi connectivity index (χ1) is 13.0. The van der Waals surface area contributed by atoms with Crippen molar-refractivity contribution in [3.05, 3.63) is 58.9 Å². The standard InChI is InChI=1S/C17H10F3N3O3S/c18-9-2-3-10(15(20)14(9)19)22-16(24)11-6-27-17(23-11)21-8-1-4-12-13(5-8)26-7-25-12/h1-6H,7H2,(H,21,23)(H,22,24). The van der Waals surface area contributed by atoms with Crippen molar-refractivity contribution in [2.45, 2.75) is 0 Å². The molecule has 4 rings (SSSR count). The molecule has 0 aliphatic carbocycles. The van der Waals surface area contributed by atoms with Crippen molar-refractivity contribution in [1.82, 2.24) is 4.98 Å². The van der Waals surface area contributed by atoms with E-state index in [4.69, 9.17) is 9.47 Å². The maximum atomic E-state index is 13.7. The molecule has 0 unspecified atom stereocenters. The number of carbonyl (C=O) groups is 1. The molecule has 2 N–H and O–H groups in total. The third-order valence-corrected chi connectivity index (χ3v) is 4.40. The number of amides is 1. The second-order valence-corrected chi connectivity index (χ2v) is 6.27. The maximum absolute atomic E-state index is 13.7. The molecule has 10 heteroatoms. The summed E-state index contributed by atoms with van der Waals surface area (Å²) in [6, 6.07) is 6.87. The molecule has 27 heavy (non-hydrogen) atoms. The summed E-state index contributed by atoms with van der Waals surface area (Å²) in [5.74, 6) is -4.01. The van der Waals surface area contributed by atoms with Gasteiger partial charge in [-0.1, -0.05) is 0 Å². The first-order valence-corrected chi connectivity index (χ1v) is 8.46. The number of ether oxygens (including phenoxy) is 2. The molecule has 1 aliphatic rings. The number of benzene rings is 2. The predicted octanol–water partition coefficient (Wildman–Crippen LogP) is 4.29. The van der Waals surface area contributed by atoms with E-state index in [0.717, 1.165) is 23.5 Å². The average molecular weight is 393 g/mol. The molecule has 0 saturated carbocycles. The number of hydrogen-bond acceptors (Lipinski definition) is 6. The quantitative estimate of drug-likeness (QED) is 0.647. The lowest BCUT2D eigenvalue weighted by molar-refractivity contribution is 0.102. The average Bonchev–Trinajstić information content (AvgIpc) is 3.31. The van der Waals surface area contributed by atoms with E-state index >= 15 is 0 Å². The van der Waals surface area contributed by atoms with E-state index < -0.39 is 29.0 Å². The minimum Gasteiger partial charge on any atom is -0.454 e. The van der Waals surface area contributed by atoms with Gasteiger partial charge in [0.1, 0.15) is 5.69 Å². The third-order valence-electron chi connectivity index (χ3n) is 3.64. The molecular formula is C17H10F3N3O3S. The smallest absolute Gasteiger partial charge is 0.275 e. The summed E-state index contributed by atoms with van der Waals surface area (Å²) in [5, 5.41) is 7.03. The highest BCUT2D eigenvalue weighted by Gasteiger charge is 2.18. The fraction of sp³-hybridized carbons (Fsp3) is 0.0588. The van der Waals surface area contributed by atoms with Crippen LogP contribution in [-0.4, -0.2) is 17.7 Å². The molecule has 138 valence electrons. The van der Waals surface area contributed by atoms with Gasteiger partial charge in [-0.2, -0.15) is 0 Å². The number of aromatic nitrogens is 1. The highest BCUT2D eigenvalue weighted by molar-refractivity contribution is 7.14. The van der Waals surface area contributed by atoms with Crippen LogP contribution in [0.5, 0.6) is 11.5 Å². The van der Waals surface area contributed by atoms with Crippen LogP contribution < -0.4 is 20.1 Å². The van der Waals surface area contributed by atoms with Crippen LogP contribution in [0.4, 0.5) is 29.7 Å². The first-order valence-electron chi connectivity index (χ1n) is 7.58. The lowest BCUT2D eigenvalue weighted by Gasteiger charge is -2.06. The zero-order chi connectivity index (χ0) is 19.0. The number of anilines is 3. The second-order valence-electron chi connectivity index (χ2n) is 5.41. The summed E-state index contributed by atoms with van der Waals surface area (Å²) in [5.41, 5.74) is 0.191. The van der Waals surface area contributed by atoms with Crippen LogP contribution in [-0.2, 0) is 0 Å². The van der Waals surface area contributed by atoms with E-state index in [9.17, 15) is 18.0 Å². The van der Waals surface area contributed by atoms with Crippen molar-refractivity contribution in [2.24, 2.45) is 0 Å². The molecule has 0 bridgehead atoms. The lowest BCUT2D eigenvalue weighted by Crippen LogP contribution is -2.14. The van der Waals surface area contributed by atoms with Crippen molar-refractivity contribution in [1.29, 1.82) is 0 Å². The molecule has 0 radical (unpaired) electrons. The van der Waals surface area contributed by atoms with E-state index in [1.54, 1.807) is 18.2 Å². The van der Waals surface area contributed by atoms with Crippen molar-refractivity contribution < 1.29 is 27.4 Å². The van der Waals surface area contributed by atoms with Gasteiger partial charge in [0.05, 0.1) is 5.69 Å². The Bertz CT molecular complexity index is 1040. The minimum atomic E-state index is -1.66. The highest BCUT2D eigenvalue weighted by Crippen LogP contribution is 2.35. The summed E-state index contributed by atoms with van der Waals surface area (Å²) < 4.78 is 50.4. The topological polar surface area (TPSA) is 72.5 Å². The van der Waals surface area contributed by atoms with Crippen LogP contribution >= 0.6 is 11.3 Å². The van der Waals surface area contributed by atoms with Gasteiger partial charge in [0.25, 0.3) is 5.91 Å². The second kappa shape index (κ2) is 6.80. The van der Waals surface area contributed by atoms with E-state index in [1.165, 1.54) is 5.38 Å². The predicted molar refractivity (Wildman–Crippen MR) is 92.2 cm³/mol. The number of carbonyl (C=O) groups excluding carboxylic acids is 1. The third kappa shape index (κ3) is 3.38. The molecule has 2 heterocycles. The molecule has 0 saturated heterocycles. The van der Waals surface area contributed by atoms with Gasteiger partial charge in [-0.15, -0.1) is 11.3 Å². The summed E-state index contributed by atoms with van der Waals surface area (Å²) in [4.78, 5) is 16.3. The Kier molecular flexibility index (Phi) is 4.32. The Morgan fingerprint density at radius 3 is 2.74 bits per heavy atom. The molecule has 2 aromatic carbocycles. The van der Waals surface area contributed by atoms with Crippen molar-refractivity contribution >= 4 is 33.8 Å². The lowest BCUT2D eigenvalue weighted by atomic mass is 10.2. The van der Waals surface area contributed by atoms with E-state index in [-0.39, 0.29) is 12.5 Å². The molecule has 0 fully saturated rings. The highest BCUT2D eigenvalue weighted by atomic mass is 32.1. The van der Waals surface area contributed by atoms with Gasteiger partial charge in [0.15, 0.2) is 34.1 Å². The zero-order valence-electron chi connectivity index (χ0n) is 13.4. The summed E-state index contributed by atoms with van der Waals surface area (Å²) >= 11 is 1.14. The number of nitrogens with one attached hydrogen (secondary N) is 2. The Hall–Kier alpha value is -3.27. The van der Waals surface area contributed by atoms with Crippen LogP contribution in [0.1, 0.15) is 10.5 Å². The molecule has 1 amide bonds. The molecule has 1 aromatic heterocycles. The Balaban J connectivity index is 1.47. The Morgan fingerprint density at radius 1 is 1.07 bits per heavy atom. The largest absolute Gasteiger partial charge is 0.454 e. The summed E-state index contributed by atoms with van der Waals surface area (Å²) in [6.45, 7) is 0.154. The number of thiazole rings is 1. The van der Waals surface area contributed by atoms with Gasteiger partial charge < -0.3 is 20.1 Å². The van der Waals surface area contributed by atoms with Crippen molar-refractivity contribution in [3.8, 4) is 11.5 Å². The maximum Gasteiger partial charge on any atom is 0.275 e. The molecule has 0 atom stereocenters. The number of fused-ring (bicyclic) bond motifs is 1. The van der Waals surface area contributed by atoms with Crippen LogP contribution in [0, 0.1) is 17.5 Å². The Morgan fingerprint density at radius 2 is 1.89 bits per heavy atom.